The fourth-order valence-corrected chi connectivity index (χ4v) is 1.88. The van der Waals surface area contributed by atoms with Gasteiger partial charge in [-0.05, 0) is 51.0 Å². The summed E-state index contributed by atoms with van der Waals surface area (Å²) in [6.07, 6.45) is 0.854. The summed E-state index contributed by atoms with van der Waals surface area (Å²) < 4.78 is 0. The molecule has 0 amide bonds. The molecule has 0 saturated heterocycles. The van der Waals surface area contributed by atoms with E-state index in [9.17, 15) is 0 Å². The minimum Gasteiger partial charge on any atom is -0.372 e. The molecule has 1 rings (SSSR count). The van der Waals surface area contributed by atoms with Crippen LogP contribution in [0.25, 0.3) is 0 Å². The van der Waals surface area contributed by atoms with E-state index in [1.807, 2.05) is 19.1 Å². The Labute approximate surface area is 103 Å². The molecule has 0 aliphatic heterocycles. The second-order valence-electron chi connectivity index (χ2n) is 4.66. The molecule has 90 valence electrons. The summed E-state index contributed by atoms with van der Waals surface area (Å²) in [5.74, 6) is 0. The van der Waals surface area contributed by atoms with E-state index in [-0.39, 0.29) is 6.04 Å². The topological polar surface area (TPSA) is 29.3 Å². The number of hydrogen-bond acceptors (Lipinski definition) is 2. The maximum Gasteiger partial charge on any atom is 0.0410 e. The number of benzene rings is 1. The monoisotopic (exact) mass is 240 g/mol. The van der Waals surface area contributed by atoms with Gasteiger partial charge in [-0.1, -0.05) is 11.6 Å². The molecule has 0 aromatic heterocycles. The average molecular weight is 241 g/mol. The Bertz CT molecular complexity index is 348. The number of hydrogen-bond donors (Lipinski definition) is 1. The zero-order valence-electron chi connectivity index (χ0n) is 10.5. The first-order chi connectivity index (χ1) is 7.41. The SMILES string of the molecule is CC(N)Cc1cc(Cl)ccc1N(C)C(C)C. The predicted octanol–water partition coefficient (Wildman–Crippen LogP) is 3.07. The number of rotatable bonds is 4. The molecule has 1 aromatic carbocycles. The van der Waals surface area contributed by atoms with Crippen LogP contribution in [0.2, 0.25) is 5.02 Å². The Morgan fingerprint density at radius 2 is 1.94 bits per heavy atom. The minimum atomic E-state index is 0.151. The molecule has 0 aliphatic rings. The van der Waals surface area contributed by atoms with Gasteiger partial charge in [-0.15, -0.1) is 0 Å². The summed E-state index contributed by atoms with van der Waals surface area (Å²) in [6, 6.07) is 6.63. The van der Waals surface area contributed by atoms with Crippen molar-refractivity contribution in [2.75, 3.05) is 11.9 Å². The lowest BCUT2D eigenvalue weighted by atomic mass is 10.0. The summed E-state index contributed by atoms with van der Waals surface area (Å²) in [6.45, 7) is 6.36. The summed E-state index contributed by atoms with van der Waals surface area (Å²) in [5, 5.41) is 0.775. The van der Waals surface area contributed by atoms with E-state index >= 15 is 0 Å². The Morgan fingerprint density at radius 1 is 1.31 bits per heavy atom. The first-order valence-electron chi connectivity index (χ1n) is 5.68. The molecule has 0 heterocycles. The van der Waals surface area contributed by atoms with E-state index in [2.05, 4.69) is 31.9 Å². The minimum absolute atomic E-state index is 0.151. The first-order valence-corrected chi connectivity index (χ1v) is 6.06. The highest BCUT2D eigenvalue weighted by molar-refractivity contribution is 6.30. The molecule has 3 heteroatoms. The largest absolute Gasteiger partial charge is 0.372 e. The third-order valence-corrected chi connectivity index (χ3v) is 2.97. The average Bonchev–Trinajstić information content (AvgIpc) is 2.15. The van der Waals surface area contributed by atoms with Crippen LogP contribution in [-0.4, -0.2) is 19.1 Å². The summed E-state index contributed by atoms with van der Waals surface area (Å²) >= 11 is 6.03. The van der Waals surface area contributed by atoms with Crippen molar-refractivity contribution in [3.63, 3.8) is 0 Å². The molecule has 2 nitrogen and oxygen atoms in total. The Balaban J connectivity index is 3.06. The van der Waals surface area contributed by atoms with Crippen LogP contribution in [0.5, 0.6) is 0 Å². The summed E-state index contributed by atoms with van der Waals surface area (Å²) in [5.41, 5.74) is 8.30. The van der Waals surface area contributed by atoms with Crippen LogP contribution < -0.4 is 10.6 Å². The maximum atomic E-state index is 6.03. The zero-order valence-corrected chi connectivity index (χ0v) is 11.3. The van der Waals surface area contributed by atoms with Crippen molar-refractivity contribution in [2.45, 2.75) is 39.3 Å². The fraction of sp³-hybridized carbons (Fsp3) is 0.538. The van der Waals surface area contributed by atoms with E-state index in [1.165, 1.54) is 11.3 Å². The van der Waals surface area contributed by atoms with Crippen LogP contribution in [0, 0.1) is 0 Å². The van der Waals surface area contributed by atoms with E-state index in [4.69, 9.17) is 17.3 Å². The molecule has 1 aromatic rings. The van der Waals surface area contributed by atoms with Crippen molar-refractivity contribution in [3.05, 3.63) is 28.8 Å². The van der Waals surface area contributed by atoms with Crippen LogP contribution in [0.15, 0.2) is 18.2 Å². The number of nitrogens with two attached hydrogens (primary N) is 1. The Hall–Kier alpha value is -0.730. The third kappa shape index (κ3) is 3.39. The lowest BCUT2D eigenvalue weighted by Gasteiger charge is -2.27. The highest BCUT2D eigenvalue weighted by atomic mass is 35.5. The number of nitrogens with zero attached hydrogens (tertiary/aromatic N) is 1. The molecular formula is C13H21ClN2. The molecule has 1 atom stereocenters. The van der Waals surface area contributed by atoms with Crippen LogP contribution in [0.4, 0.5) is 5.69 Å². The second kappa shape index (κ2) is 5.55. The molecular weight excluding hydrogens is 220 g/mol. The van der Waals surface area contributed by atoms with Crippen LogP contribution in [0.3, 0.4) is 0 Å². The van der Waals surface area contributed by atoms with E-state index < -0.39 is 0 Å². The van der Waals surface area contributed by atoms with E-state index in [0.717, 1.165) is 11.4 Å². The van der Waals surface area contributed by atoms with Crippen LogP contribution in [-0.2, 0) is 6.42 Å². The van der Waals surface area contributed by atoms with Crippen LogP contribution >= 0.6 is 11.6 Å². The van der Waals surface area contributed by atoms with E-state index in [0.29, 0.717) is 6.04 Å². The van der Waals surface area contributed by atoms with Gasteiger partial charge in [-0.25, -0.2) is 0 Å². The van der Waals surface area contributed by atoms with Gasteiger partial charge in [0.25, 0.3) is 0 Å². The lowest BCUT2D eigenvalue weighted by Crippen LogP contribution is -2.28. The molecule has 2 N–H and O–H groups in total. The summed E-state index contributed by atoms with van der Waals surface area (Å²) in [7, 11) is 2.10. The van der Waals surface area contributed by atoms with Gasteiger partial charge in [-0.2, -0.15) is 0 Å². The predicted molar refractivity (Wildman–Crippen MR) is 72.3 cm³/mol. The van der Waals surface area contributed by atoms with Crippen molar-refractivity contribution < 1.29 is 0 Å². The molecule has 0 bridgehead atoms. The van der Waals surface area contributed by atoms with Crippen molar-refractivity contribution >= 4 is 17.3 Å². The van der Waals surface area contributed by atoms with Gasteiger partial charge in [0, 0.05) is 29.8 Å². The van der Waals surface area contributed by atoms with Gasteiger partial charge < -0.3 is 10.6 Å². The van der Waals surface area contributed by atoms with Gasteiger partial charge in [0.1, 0.15) is 0 Å². The van der Waals surface area contributed by atoms with E-state index in [1.54, 1.807) is 0 Å². The zero-order chi connectivity index (χ0) is 12.3. The molecule has 16 heavy (non-hydrogen) atoms. The highest BCUT2D eigenvalue weighted by Crippen LogP contribution is 2.25. The molecule has 0 radical (unpaired) electrons. The lowest BCUT2D eigenvalue weighted by molar-refractivity contribution is 0.717. The van der Waals surface area contributed by atoms with Gasteiger partial charge in [0.2, 0.25) is 0 Å². The Morgan fingerprint density at radius 3 is 2.44 bits per heavy atom. The van der Waals surface area contributed by atoms with Crippen molar-refractivity contribution in [2.24, 2.45) is 5.73 Å². The molecule has 0 fully saturated rings. The smallest absolute Gasteiger partial charge is 0.0410 e. The summed E-state index contributed by atoms with van der Waals surface area (Å²) in [4.78, 5) is 2.24. The first kappa shape index (κ1) is 13.3. The number of anilines is 1. The molecule has 0 spiro atoms. The van der Waals surface area contributed by atoms with Crippen molar-refractivity contribution in [1.29, 1.82) is 0 Å². The quantitative estimate of drug-likeness (QED) is 0.877. The third-order valence-electron chi connectivity index (χ3n) is 2.74. The maximum absolute atomic E-state index is 6.03. The van der Waals surface area contributed by atoms with Gasteiger partial charge in [-0.3, -0.25) is 0 Å². The molecule has 0 aliphatic carbocycles. The standard InChI is InChI=1S/C13H21ClN2/c1-9(2)16(4)13-6-5-12(14)8-11(13)7-10(3)15/h5-6,8-10H,7,15H2,1-4H3. The fourth-order valence-electron chi connectivity index (χ4n) is 1.69. The highest BCUT2D eigenvalue weighted by Gasteiger charge is 2.11. The Kier molecular flexibility index (Phi) is 4.63. The van der Waals surface area contributed by atoms with Gasteiger partial charge >= 0.3 is 0 Å². The molecule has 0 saturated carbocycles. The van der Waals surface area contributed by atoms with Gasteiger partial charge in [0.05, 0.1) is 0 Å². The van der Waals surface area contributed by atoms with Crippen molar-refractivity contribution in [3.8, 4) is 0 Å². The van der Waals surface area contributed by atoms with Crippen LogP contribution in [0.1, 0.15) is 26.3 Å². The van der Waals surface area contributed by atoms with Gasteiger partial charge in [0.15, 0.2) is 0 Å². The molecule has 1 unspecified atom stereocenters. The second-order valence-corrected chi connectivity index (χ2v) is 5.10. The van der Waals surface area contributed by atoms with Crippen molar-refractivity contribution in [1.82, 2.24) is 0 Å². The number of halogens is 1. The normalized spacial score (nSPS) is 12.9.